The van der Waals surface area contributed by atoms with E-state index in [2.05, 4.69) is 36.6 Å². The molecule has 1 aromatic rings. The lowest BCUT2D eigenvalue weighted by Gasteiger charge is -2.08. The number of halogens is 4. The van der Waals surface area contributed by atoms with E-state index < -0.39 is 6.61 Å². The molecule has 0 aliphatic carbocycles. The zero-order chi connectivity index (χ0) is 10.7. The van der Waals surface area contributed by atoms with Gasteiger partial charge in [0.15, 0.2) is 0 Å². The van der Waals surface area contributed by atoms with Crippen molar-refractivity contribution in [1.29, 1.82) is 5.26 Å². The van der Waals surface area contributed by atoms with E-state index in [1.54, 1.807) is 6.07 Å². The summed E-state index contributed by atoms with van der Waals surface area (Å²) in [5, 5.41) is 8.71. The fourth-order valence-electron chi connectivity index (χ4n) is 0.831. The van der Waals surface area contributed by atoms with E-state index in [4.69, 9.17) is 5.26 Å². The van der Waals surface area contributed by atoms with E-state index in [0.29, 0.717) is 8.95 Å². The SMILES string of the molecule is N#Cc1c(OC(F)F)ccc(Br)c1Br. The molecule has 0 radical (unpaired) electrons. The summed E-state index contributed by atoms with van der Waals surface area (Å²) in [6.45, 7) is -2.94. The van der Waals surface area contributed by atoms with E-state index in [9.17, 15) is 8.78 Å². The first kappa shape index (κ1) is 11.4. The summed E-state index contributed by atoms with van der Waals surface area (Å²) in [5.41, 5.74) is 0.0414. The van der Waals surface area contributed by atoms with E-state index in [-0.39, 0.29) is 11.3 Å². The van der Waals surface area contributed by atoms with Gasteiger partial charge in [0, 0.05) is 4.47 Å². The Morgan fingerprint density at radius 3 is 2.50 bits per heavy atom. The predicted octanol–water partition coefficient (Wildman–Crippen LogP) is 3.68. The number of nitriles is 1. The summed E-state index contributed by atoms with van der Waals surface area (Å²) in [4.78, 5) is 0. The van der Waals surface area contributed by atoms with Gasteiger partial charge < -0.3 is 4.74 Å². The number of nitrogens with zero attached hydrogens (tertiary/aromatic N) is 1. The molecule has 0 saturated carbocycles. The third-order valence-electron chi connectivity index (χ3n) is 1.38. The van der Waals surface area contributed by atoms with Crippen molar-refractivity contribution in [1.82, 2.24) is 0 Å². The quantitative estimate of drug-likeness (QED) is 0.830. The fraction of sp³-hybridized carbons (Fsp3) is 0.125. The lowest BCUT2D eigenvalue weighted by Crippen LogP contribution is -2.03. The van der Waals surface area contributed by atoms with Crippen LogP contribution in [-0.2, 0) is 0 Å². The summed E-state index contributed by atoms with van der Waals surface area (Å²) in [5.74, 6) is -0.141. The van der Waals surface area contributed by atoms with Crippen molar-refractivity contribution in [2.75, 3.05) is 0 Å². The van der Waals surface area contributed by atoms with Gasteiger partial charge in [-0.05, 0) is 44.0 Å². The normalized spacial score (nSPS) is 10.0. The number of hydrogen-bond acceptors (Lipinski definition) is 2. The third-order valence-corrected chi connectivity index (χ3v) is 3.40. The Balaban J connectivity index is 3.19. The monoisotopic (exact) mass is 325 g/mol. The van der Waals surface area contributed by atoms with E-state index in [1.807, 2.05) is 0 Å². The molecule has 0 amide bonds. The molecule has 0 aliphatic rings. The van der Waals surface area contributed by atoms with Crippen molar-refractivity contribution in [3.05, 3.63) is 26.6 Å². The maximum atomic E-state index is 11.9. The molecule has 0 spiro atoms. The number of benzene rings is 1. The van der Waals surface area contributed by atoms with E-state index >= 15 is 0 Å². The zero-order valence-electron chi connectivity index (χ0n) is 6.60. The van der Waals surface area contributed by atoms with Crippen molar-refractivity contribution in [3.8, 4) is 11.8 Å². The molecule has 0 fully saturated rings. The highest BCUT2D eigenvalue weighted by Crippen LogP contribution is 2.33. The van der Waals surface area contributed by atoms with Gasteiger partial charge in [-0.15, -0.1) is 0 Å². The van der Waals surface area contributed by atoms with Gasteiger partial charge in [0.1, 0.15) is 17.4 Å². The first-order valence-corrected chi connectivity index (χ1v) is 4.97. The highest BCUT2D eigenvalue weighted by molar-refractivity contribution is 9.13. The minimum Gasteiger partial charge on any atom is -0.433 e. The Morgan fingerprint density at radius 1 is 1.36 bits per heavy atom. The lowest BCUT2D eigenvalue weighted by atomic mass is 10.2. The minimum atomic E-state index is -2.94. The van der Waals surface area contributed by atoms with Crippen LogP contribution in [0.3, 0.4) is 0 Å². The fourth-order valence-corrected chi connectivity index (χ4v) is 1.58. The molecule has 0 bridgehead atoms. The second kappa shape index (κ2) is 4.71. The van der Waals surface area contributed by atoms with Crippen molar-refractivity contribution in [3.63, 3.8) is 0 Å². The summed E-state index contributed by atoms with van der Waals surface area (Å²) in [6, 6.07) is 4.60. The molecular weight excluding hydrogens is 324 g/mol. The van der Waals surface area contributed by atoms with Crippen LogP contribution < -0.4 is 4.74 Å². The van der Waals surface area contributed by atoms with Crippen LogP contribution in [0.4, 0.5) is 8.78 Å². The maximum absolute atomic E-state index is 11.9. The Kier molecular flexibility index (Phi) is 3.84. The largest absolute Gasteiger partial charge is 0.433 e. The van der Waals surface area contributed by atoms with Crippen molar-refractivity contribution in [2.24, 2.45) is 0 Å². The molecule has 2 nitrogen and oxygen atoms in total. The van der Waals surface area contributed by atoms with Crippen LogP contribution in [-0.4, -0.2) is 6.61 Å². The highest BCUT2D eigenvalue weighted by Gasteiger charge is 2.14. The average Bonchev–Trinajstić information content (AvgIpc) is 2.11. The lowest BCUT2D eigenvalue weighted by molar-refractivity contribution is -0.0500. The molecule has 0 N–H and O–H groups in total. The molecule has 0 heterocycles. The molecule has 0 aliphatic heterocycles. The molecular formula is C8H3Br2F2NO. The van der Waals surface area contributed by atoms with Gasteiger partial charge in [0.25, 0.3) is 0 Å². The van der Waals surface area contributed by atoms with Gasteiger partial charge in [0.2, 0.25) is 0 Å². The summed E-state index contributed by atoms with van der Waals surface area (Å²) < 4.78 is 29.0. The molecule has 0 atom stereocenters. The van der Waals surface area contributed by atoms with Gasteiger partial charge in [0.05, 0.1) is 4.47 Å². The third kappa shape index (κ3) is 2.42. The van der Waals surface area contributed by atoms with Crippen molar-refractivity contribution in [2.45, 2.75) is 6.61 Å². The first-order valence-electron chi connectivity index (χ1n) is 3.39. The Morgan fingerprint density at radius 2 is 2.00 bits per heavy atom. The highest BCUT2D eigenvalue weighted by atomic mass is 79.9. The Bertz CT molecular complexity index is 390. The smallest absolute Gasteiger partial charge is 0.387 e. The van der Waals surface area contributed by atoms with E-state index in [0.717, 1.165) is 0 Å². The molecule has 0 unspecified atom stereocenters. The molecule has 6 heteroatoms. The molecule has 1 aromatic carbocycles. The first-order chi connectivity index (χ1) is 6.56. The van der Waals surface area contributed by atoms with E-state index in [1.165, 1.54) is 12.1 Å². The van der Waals surface area contributed by atoms with Gasteiger partial charge in [-0.1, -0.05) is 0 Å². The molecule has 74 valence electrons. The average molecular weight is 327 g/mol. The minimum absolute atomic E-state index is 0.0414. The van der Waals surface area contributed by atoms with Crippen LogP contribution in [0.2, 0.25) is 0 Å². The number of ether oxygens (including phenoxy) is 1. The standard InChI is InChI=1S/C8H3Br2F2NO/c9-5-1-2-6(14-8(11)12)4(3-13)7(5)10/h1-2,8H. The second-order valence-electron chi connectivity index (χ2n) is 2.22. The van der Waals surface area contributed by atoms with Crippen LogP contribution in [0.1, 0.15) is 5.56 Å². The summed E-state index contributed by atoms with van der Waals surface area (Å²) in [7, 11) is 0. The maximum Gasteiger partial charge on any atom is 0.387 e. The molecule has 0 aromatic heterocycles. The van der Waals surface area contributed by atoms with Crippen molar-refractivity contribution < 1.29 is 13.5 Å². The van der Waals surface area contributed by atoms with Gasteiger partial charge in [-0.2, -0.15) is 14.0 Å². The Hall–Kier alpha value is -0.670. The number of alkyl halides is 2. The predicted molar refractivity (Wildman–Crippen MR) is 53.2 cm³/mol. The zero-order valence-corrected chi connectivity index (χ0v) is 9.77. The summed E-state index contributed by atoms with van der Waals surface area (Å²) >= 11 is 6.23. The van der Waals surface area contributed by atoms with Crippen LogP contribution in [0.25, 0.3) is 0 Å². The summed E-state index contributed by atoms with van der Waals surface area (Å²) in [6.07, 6.45) is 0. The molecule has 0 saturated heterocycles. The van der Waals surface area contributed by atoms with Gasteiger partial charge in [-0.25, -0.2) is 0 Å². The van der Waals surface area contributed by atoms with Crippen LogP contribution in [0.15, 0.2) is 21.1 Å². The van der Waals surface area contributed by atoms with Crippen LogP contribution in [0.5, 0.6) is 5.75 Å². The van der Waals surface area contributed by atoms with Crippen LogP contribution >= 0.6 is 31.9 Å². The second-order valence-corrected chi connectivity index (χ2v) is 3.87. The molecule has 14 heavy (non-hydrogen) atoms. The molecule has 1 rings (SSSR count). The topological polar surface area (TPSA) is 33.0 Å². The van der Waals surface area contributed by atoms with Gasteiger partial charge >= 0.3 is 6.61 Å². The number of rotatable bonds is 2. The van der Waals surface area contributed by atoms with Crippen LogP contribution in [0, 0.1) is 11.3 Å². The van der Waals surface area contributed by atoms with Crippen molar-refractivity contribution >= 4 is 31.9 Å². The number of hydrogen-bond donors (Lipinski definition) is 0. The van der Waals surface area contributed by atoms with Gasteiger partial charge in [-0.3, -0.25) is 0 Å². The Labute approximate surface area is 95.7 Å².